The fraction of sp³-hybridized carbons (Fsp3) is 0.533. The third-order valence-electron chi connectivity index (χ3n) is 3.58. The largest absolute Gasteiger partial charge is 0.495 e. The Morgan fingerprint density at radius 1 is 1.19 bits per heavy atom. The number of nitrogens with one attached hydrogen (secondary N) is 1. The summed E-state index contributed by atoms with van der Waals surface area (Å²) in [5.41, 5.74) is 1.15. The van der Waals surface area contributed by atoms with Crippen LogP contribution in [0.25, 0.3) is 0 Å². The quantitative estimate of drug-likeness (QED) is 0.653. The van der Waals surface area contributed by atoms with Gasteiger partial charge in [-0.3, -0.25) is 0 Å². The Morgan fingerprint density at radius 3 is 2.57 bits per heavy atom. The van der Waals surface area contributed by atoms with E-state index in [1.165, 1.54) is 0 Å². The second kappa shape index (κ2) is 8.05. The molecule has 1 N–H and O–H groups in total. The van der Waals surface area contributed by atoms with Crippen molar-refractivity contribution < 1.29 is 9.47 Å². The van der Waals surface area contributed by atoms with Gasteiger partial charge in [-0.2, -0.15) is 0 Å². The van der Waals surface area contributed by atoms with Crippen molar-refractivity contribution in [1.29, 1.82) is 0 Å². The van der Waals surface area contributed by atoms with Crippen LogP contribution in [0.5, 0.6) is 5.75 Å². The molecule has 5 nitrogen and oxygen atoms in total. The first-order valence-corrected chi connectivity index (χ1v) is 7.56. The highest BCUT2D eigenvalue weighted by molar-refractivity contribution is 7.80. The lowest BCUT2D eigenvalue weighted by Gasteiger charge is -2.37. The molecule has 0 aliphatic carbocycles. The molecule has 6 heteroatoms. The average Bonchev–Trinajstić information content (AvgIpc) is 2.55. The van der Waals surface area contributed by atoms with E-state index in [1.807, 2.05) is 18.2 Å². The van der Waals surface area contributed by atoms with Gasteiger partial charge in [0.2, 0.25) is 0 Å². The van der Waals surface area contributed by atoms with Crippen molar-refractivity contribution in [2.75, 3.05) is 58.5 Å². The van der Waals surface area contributed by atoms with Gasteiger partial charge in [-0.15, -0.1) is 0 Å². The molecule has 1 fully saturated rings. The molecule has 1 saturated heterocycles. The number of hydrogen-bond donors (Lipinski definition) is 1. The van der Waals surface area contributed by atoms with Gasteiger partial charge in [0.05, 0.1) is 19.4 Å². The highest BCUT2D eigenvalue weighted by Gasteiger charge is 2.20. The summed E-state index contributed by atoms with van der Waals surface area (Å²) in [6, 6.07) is 8.14. The zero-order chi connectivity index (χ0) is 15.1. The van der Waals surface area contributed by atoms with E-state index in [2.05, 4.69) is 21.2 Å². The zero-order valence-corrected chi connectivity index (χ0v) is 13.5. The molecule has 1 aliphatic rings. The van der Waals surface area contributed by atoms with Crippen LogP contribution in [0.1, 0.15) is 0 Å². The van der Waals surface area contributed by atoms with Crippen LogP contribution in [0.3, 0.4) is 0 Å². The Hall–Kier alpha value is -1.53. The molecular weight excluding hydrogens is 286 g/mol. The molecule has 1 heterocycles. The van der Waals surface area contributed by atoms with Crippen LogP contribution < -0.4 is 15.0 Å². The highest BCUT2D eigenvalue weighted by atomic mass is 32.1. The fourth-order valence-electron chi connectivity index (χ4n) is 2.41. The number of piperazine rings is 1. The molecule has 0 bridgehead atoms. The molecule has 0 aromatic heterocycles. The van der Waals surface area contributed by atoms with Crippen LogP contribution in [0.4, 0.5) is 5.69 Å². The van der Waals surface area contributed by atoms with E-state index in [0.29, 0.717) is 6.61 Å². The summed E-state index contributed by atoms with van der Waals surface area (Å²) in [4.78, 5) is 4.55. The Balaban J connectivity index is 1.87. The first-order chi connectivity index (χ1) is 10.3. The molecule has 1 aliphatic heterocycles. The lowest BCUT2D eigenvalue weighted by molar-refractivity contribution is 0.202. The van der Waals surface area contributed by atoms with Gasteiger partial charge in [-0.1, -0.05) is 12.1 Å². The van der Waals surface area contributed by atoms with Gasteiger partial charge >= 0.3 is 0 Å². The number of thiocarbonyl (C=S) groups is 1. The number of ether oxygens (including phenoxy) is 2. The number of para-hydroxylation sites is 2. The molecule has 1 aromatic rings. The van der Waals surface area contributed by atoms with Gasteiger partial charge in [-0.05, 0) is 24.4 Å². The van der Waals surface area contributed by atoms with E-state index >= 15 is 0 Å². The molecule has 116 valence electrons. The number of methoxy groups -OCH3 is 2. The lowest BCUT2D eigenvalue weighted by Crippen LogP contribution is -2.52. The summed E-state index contributed by atoms with van der Waals surface area (Å²) in [5, 5.41) is 4.03. The molecule has 0 spiro atoms. The lowest BCUT2D eigenvalue weighted by atomic mass is 10.2. The molecular formula is C15H23N3O2S. The third kappa shape index (κ3) is 4.22. The van der Waals surface area contributed by atoms with Crippen LogP contribution >= 0.6 is 12.2 Å². The molecule has 1 aromatic carbocycles. The normalized spacial score (nSPS) is 15.0. The monoisotopic (exact) mass is 309 g/mol. The highest BCUT2D eigenvalue weighted by Crippen LogP contribution is 2.28. The SMILES string of the molecule is COCCNC(=S)N1CCN(c2ccccc2OC)CC1. The van der Waals surface area contributed by atoms with E-state index in [9.17, 15) is 0 Å². The summed E-state index contributed by atoms with van der Waals surface area (Å²) in [5.74, 6) is 0.923. The predicted octanol–water partition coefficient (Wildman–Crippen LogP) is 1.34. The van der Waals surface area contributed by atoms with Gasteiger partial charge < -0.3 is 24.6 Å². The number of anilines is 1. The van der Waals surface area contributed by atoms with Crippen LogP contribution in [0, 0.1) is 0 Å². The van der Waals surface area contributed by atoms with Gasteiger partial charge in [0.1, 0.15) is 5.75 Å². The van der Waals surface area contributed by atoms with E-state index in [1.54, 1.807) is 14.2 Å². The van der Waals surface area contributed by atoms with Gasteiger partial charge in [-0.25, -0.2) is 0 Å². The minimum atomic E-state index is 0.668. The van der Waals surface area contributed by atoms with Crippen molar-refractivity contribution in [2.24, 2.45) is 0 Å². The Bertz CT molecular complexity index is 462. The molecule has 0 radical (unpaired) electrons. The maximum Gasteiger partial charge on any atom is 0.169 e. The maximum atomic E-state index is 5.43. The van der Waals surface area contributed by atoms with Crippen molar-refractivity contribution >= 4 is 23.0 Å². The number of benzene rings is 1. The van der Waals surface area contributed by atoms with Gasteiger partial charge in [0.25, 0.3) is 0 Å². The first kappa shape index (κ1) is 15.9. The van der Waals surface area contributed by atoms with Crippen molar-refractivity contribution in [1.82, 2.24) is 10.2 Å². The topological polar surface area (TPSA) is 37.0 Å². The molecule has 0 unspecified atom stereocenters. The summed E-state index contributed by atoms with van der Waals surface area (Å²) in [7, 11) is 3.40. The van der Waals surface area contributed by atoms with Crippen LogP contribution in [-0.4, -0.2) is 63.6 Å². The van der Waals surface area contributed by atoms with E-state index in [4.69, 9.17) is 21.7 Å². The Morgan fingerprint density at radius 2 is 1.90 bits per heavy atom. The minimum absolute atomic E-state index is 0.668. The molecule has 21 heavy (non-hydrogen) atoms. The van der Waals surface area contributed by atoms with E-state index in [0.717, 1.165) is 49.3 Å². The maximum absolute atomic E-state index is 5.43. The molecule has 2 rings (SSSR count). The second-order valence-corrected chi connectivity index (χ2v) is 5.26. The summed E-state index contributed by atoms with van der Waals surface area (Å²) in [6.45, 7) is 5.12. The molecule has 0 amide bonds. The van der Waals surface area contributed by atoms with Crippen molar-refractivity contribution in [3.63, 3.8) is 0 Å². The number of hydrogen-bond acceptors (Lipinski definition) is 4. The van der Waals surface area contributed by atoms with E-state index in [-0.39, 0.29) is 0 Å². The van der Waals surface area contributed by atoms with Crippen LogP contribution in [-0.2, 0) is 4.74 Å². The predicted molar refractivity (Wildman–Crippen MR) is 89.3 cm³/mol. The first-order valence-electron chi connectivity index (χ1n) is 7.16. The smallest absolute Gasteiger partial charge is 0.169 e. The summed E-state index contributed by atoms with van der Waals surface area (Å²) >= 11 is 5.41. The van der Waals surface area contributed by atoms with Gasteiger partial charge in [0, 0.05) is 39.8 Å². The van der Waals surface area contributed by atoms with Crippen molar-refractivity contribution in [3.8, 4) is 5.75 Å². The zero-order valence-electron chi connectivity index (χ0n) is 12.7. The van der Waals surface area contributed by atoms with E-state index < -0.39 is 0 Å². The minimum Gasteiger partial charge on any atom is -0.495 e. The number of rotatable bonds is 5. The standard InChI is InChI=1S/C15H23N3O2S/c1-19-12-7-16-15(21)18-10-8-17(9-11-18)13-5-3-4-6-14(13)20-2/h3-6H,7-12H2,1-2H3,(H,16,21). The summed E-state index contributed by atoms with van der Waals surface area (Å²) < 4.78 is 10.4. The van der Waals surface area contributed by atoms with Crippen molar-refractivity contribution in [2.45, 2.75) is 0 Å². The third-order valence-corrected chi connectivity index (χ3v) is 3.98. The fourth-order valence-corrected chi connectivity index (χ4v) is 2.70. The summed E-state index contributed by atoms with van der Waals surface area (Å²) in [6.07, 6.45) is 0. The Kier molecular flexibility index (Phi) is 6.07. The van der Waals surface area contributed by atoms with Crippen molar-refractivity contribution in [3.05, 3.63) is 24.3 Å². The van der Waals surface area contributed by atoms with Gasteiger partial charge in [0.15, 0.2) is 5.11 Å². The van der Waals surface area contributed by atoms with Crippen LogP contribution in [0.2, 0.25) is 0 Å². The molecule has 0 atom stereocenters. The number of nitrogens with zero attached hydrogens (tertiary/aromatic N) is 2. The average molecular weight is 309 g/mol. The Labute approximate surface area is 131 Å². The molecule has 0 saturated carbocycles. The van der Waals surface area contributed by atoms with Crippen LogP contribution in [0.15, 0.2) is 24.3 Å². The second-order valence-electron chi connectivity index (χ2n) is 4.87.